The van der Waals surface area contributed by atoms with Crippen LogP contribution in [0.4, 0.5) is 5.69 Å². The molecule has 8 nitrogen and oxygen atoms in total. The molecule has 16 rings (SSSR count). The van der Waals surface area contributed by atoms with Crippen LogP contribution in [-0.4, -0.2) is 29.1 Å². The quantitative estimate of drug-likeness (QED) is 0.120. The molecular weight excluding hydrogens is 1100 g/mol. The predicted molar refractivity (Wildman–Crippen MR) is 366 cm³/mol. The summed E-state index contributed by atoms with van der Waals surface area (Å²) in [5.41, 5.74) is 23.4. The molecule has 0 aliphatic carbocycles. The van der Waals surface area contributed by atoms with Gasteiger partial charge in [-0.05, 0) is 124 Å². The number of hydrogen-bond acceptors (Lipinski definition) is 5. The lowest BCUT2D eigenvalue weighted by Gasteiger charge is -2.20. The molecule has 0 aliphatic heterocycles. The maximum absolute atomic E-state index is 10.4. The van der Waals surface area contributed by atoms with Crippen molar-refractivity contribution in [3.8, 4) is 118 Å². The van der Waals surface area contributed by atoms with Gasteiger partial charge in [0.2, 0.25) is 5.69 Å². The van der Waals surface area contributed by atoms with Crippen LogP contribution in [0.5, 0.6) is 0 Å². The van der Waals surface area contributed by atoms with Gasteiger partial charge in [-0.1, -0.05) is 188 Å². The van der Waals surface area contributed by atoms with Crippen LogP contribution in [0, 0.1) is 17.9 Å². The van der Waals surface area contributed by atoms with Crippen LogP contribution in [0.1, 0.15) is 5.56 Å². The lowest BCUT2D eigenvalue weighted by atomic mass is 9.99. The van der Waals surface area contributed by atoms with E-state index in [4.69, 9.17) is 19.9 Å². The van der Waals surface area contributed by atoms with Crippen molar-refractivity contribution in [1.29, 1.82) is 5.26 Å². The second-order valence-corrected chi connectivity index (χ2v) is 22.4. The summed E-state index contributed by atoms with van der Waals surface area (Å²) < 4.78 is 4.51. The molecule has 0 bridgehead atoms. The third kappa shape index (κ3) is 9.42. The normalized spacial score (nSPS) is 11.3. The smallest absolute Gasteiger partial charge is 0.234 e. The number of nitriles is 1. The van der Waals surface area contributed by atoms with Gasteiger partial charge in [0.05, 0.1) is 74.4 Å². The first-order valence-corrected chi connectivity index (χ1v) is 29.8. The van der Waals surface area contributed by atoms with Gasteiger partial charge in [0.15, 0.2) is 0 Å². The van der Waals surface area contributed by atoms with E-state index in [1.165, 1.54) is 0 Å². The van der Waals surface area contributed by atoms with Crippen molar-refractivity contribution >= 4 is 49.3 Å². The SMILES string of the molecule is [C-]#[N+]c1c(-n2c3ccc(-c4ccc(-c5ccccc5)nc4)cc3c3cc(-c4ccc(-c5ccccc5)nc4)ccc32)ccc(-c2cccc(C#N)c2)c1-n1c2ccc(-c3ccc(-c4ccccc4)nc3)cc2c2cc(-c3ccc(-c4ccccc4)nc3)ccc21. The summed E-state index contributed by atoms with van der Waals surface area (Å²) in [5, 5.41) is 14.4. The Morgan fingerprint density at radius 3 is 0.956 bits per heavy atom. The van der Waals surface area contributed by atoms with E-state index in [1.807, 2.05) is 122 Å². The van der Waals surface area contributed by atoms with Crippen LogP contribution in [0.15, 0.2) is 304 Å². The van der Waals surface area contributed by atoms with Gasteiger partial charge in [0.25, 0.3) is 0 Å². The molecule has 418 valence electrons. The van der Waals surface area contributed by atoms with E-state index in [0.29, 0.717) is 22.6 Å². The molecule has 0 atom stereocenters. The minimum Gasteiger partial charge on any atom is -0.319 e. The molecule has 10 aromatic carbocycles. The summed E-state index contributed by atoms with van der Waals surface area (Å²) in [7, 11) is 0. The van der Waals surface area contributed by atoms with Gasteiger partial charge >= 0.3 is 0 Å². The molecular formula is C82H50N8. The van der Waals surface area contributed by atoms with Crippen molar-refractivity contribution in [2.24, 2.45) is 0 Å². The number of fused-ring (bicyclic) bond motifs is 6. The predicted octanol–water partition coefficient (Wildman–Crippen LogP) is 20.9. The first-order chi connectivity index (χ1) is 44.5. The average molecular weight is 1150 g/mol. The Hall–Kier alpha value is -12.6. The first-order valence-electron chi connectivity index (χ1n) is 29.8. The van der Waals surface area contributed by atoms with E-state index in [0.717, 1.165) is 144 Å². The fourth-order valence-corrected chi connectivity index (χ4v) is 12.7. The molecule has 0 amide bonds. The van der Waals surface area contributed by atoms with E-state index < -0.39 is 0 Å². The largest absolute Gasteiger partial charge is 0.319 e. The van der Waals surface area contributed by atoms with Crippen molar-refractivity contribution in [3.05, 3.63) is 321 Å². The monoisotopic (exact) mass is 1150 g/mol. The maximum atomic E-state index is 10.4. The molecule has 0 fully saturated rings. The van der Waals surface area contributed by atoms with Crippen molar-refractivity contribution in [1.82, 2.24) is 29.1 Å². The van der Waals surface area contributed by atoms with Crippen LogP contribution in [-0.2, 0) is 0 Å². The molecule has 0 radical (unpaired) electrons. The topological polar surface area (TPSA) is 89.6 Å². The second kappa shape index (κ2) is 22.3. The summed E-state index contributed by atoms with van der Waals surface area (Å²) >= 11 is 0. The number of rotatable bonds is 11. The van der Waals surface area contributed by atoms with E-state index in [1.54, 1.807) is 0 Å². The average Bonchev–Trinajstić information content (AvgIpc) is 1.60. The van der Waals surface area contributed by atoms with E-state index in [9.17, 15) is 11.8 Å². The van der Waals surface area contributed by atoms with E-state index in [-0.39, 0.29) is 0 Å². The third-order valence-electron chi connectivity index (χ3n) is 17.2. The number of hydrogen-bond donors (Lipinski definition) is 0. The van der Waals surface area contributed by atoms with Crippen LogP contribution < -0.4 is 0 Å². The molecule has 0 aliphatic rings. The molecule has 0 unspecified atom stereocenters. The van der Waals surface area contributed by atoms with Gasteiger partial charge < -0.3 is 9.13 Å². The highest BCUT2D eigenvalue weighted by Gasteiger charge is 2.26. The van der Waals surface area contributed by atoms with E-state index >= 15 is 0 Å². The summed E-state index contributed by atoms with van der Waals surface area (Å²) in [6.07, 6.45) is 7.80. The number of pyridine rings is 4. The van der Waals surface area contributed by atoms with Gasteiger partial charge in [-0.25, -0.2) is 4.85 Å². The highest BCUT2D eigenvalue weighted by atomic mass is 15.1. The molecule has 90 heavy (non-hydrogen) atoms. The first kappa shape index (κ1) is 52.9. The molecule has 0 spiro atoms. The zero-order chi connectivity index (χ0) is 60.1. The Morgan fingerprint density at radius 1 is 0.300 bits per heavy atom. The summed E-state index contributed by atoms with van der Waals surface area (Å²) in [5.74, 6) is 0. The Kier molecular flexibility index (Phi) is 13.1. The molecule has 6 aromatic heterocycles. The van der Waals surface area contributed by atoms with Crippen LogP contribution in [0.2, 0.25) is 0 Å². The lowest BCUT2D eigenvalue weighted by molar-refractivity contribution is 1.15. The Morgan fingerprint density at radius 2 is 0.633 bits per heavy atom. The highest BCUT2D eigenvalue weighted by Crippen LogP contribution is 2.48. The summed E-state index contributed by atoms with van der Waals surface area (Å²) in [6.45, 7) is 9.52. The maximum Gasteiger partial charge on any atom is 0.234 e. The van der Waals surface area contributed by atoms with E-state index in [2.05, 4.69) is 202 Å². The van der Waals surface area contributed by atoms with Gasteiger partial charge in [-0.3, -0.25) is 19.9 Å². The van der Waals surface area contributed by atoms with Gasteiger partial charge in [-0.15, -0.1) is 0 Å². The van der Waals surface area contributed by atoms with Crippen LogP contribution in [0.25, 0.3) is 160 Å². The van der Waals surface area contributed by atoms with Crippen molar-refractivity contribution < 1.29 is 0 Å². The van der Waals surface area contributed by atoms with Crippen LogP contribution >= 0.6 is 0 Å². The second-order valence-electron chi connectivity index (χ2n) is 22.4. The zero-order valence-corrected chi connectivity index (χ0v) is 48.4. The number of nitrogens with zero attached hydrogens (tertiary/aromatic N) is 8. The highest BCUT2D eigenvalue weighted by molar-refractivity contribution is 6.15. The Balaban J connectivity index is 0.922. The van der Waals surface area contributed by atoms with Crippen molar-refractivity contribution in [3.63, 3.8) is 0 Å². The van der Waals surface area contributed by atoms with Crippen molar-refractivity contribution in [2.45, 2.75) is 0 Å². The fourth-order valence-electron chi connectivity index (χ4n) is 12.7. The summed E-state index contributed by atoms with van der Waals surface area (Å²) in [6, 6.07) is 98.4. The van der Waals surface area contributed by atoms with Crippen LogP contribution in [0.3, 0.4) is 0 Å². The molecule has 6 heterocycles. The third-order valence-corrected chi connectivity index (χ3v) is 17.2. The van der Waals surface area contributed by atoms with Gasteiger partial charge in [0.1, 0.15) is 0 Å². The number of aromatic nitrogens is 6. The fraction of sp³-hybridized carbons (Fsp3) is 0. The number of benzene rings is 10. The molecule has 0 saturated carbocycles. The molecule has 0 N–H and O–H groups in total. The molecule has 0 saturated heterocycles. The molecule has 16 aromatic rings. The van der Waals surface area contributed by atoms with Crippen molar-refractivity contribution in [2.75, 3.05) is 0 Å². The Bertz CT molecular complexity index is 5210. The Labute approximate surface area is 519 Å². The zero-order valence-electron chi connectivity index (χ0n) is 48.4. The standard InChI is InChI=1S/C82H50N8/c1-84-81-80(89-76-38-29-58(63-25-34-72(85-49-63)54-16-6-2-7-17-54)44-68(76)69-45-59(30-39-77(69)89)64-26-35-73(86-50-64)55-18-8-3-9-19-55)42-33-67(62-24-14-15-53(43-62)48-83)82(81)90-78-40-31-60(65-27-36-74(87-51-65)56-20-10-4-11-21-56)46-70(78)71-47-61(32-41-79(71)90)66-28-37-75(88-52-66)57-22-12-5-13-23-57/h2-47,49-52H. The van der Waals surface area contributed by atoms with Gasteiger partial charge in [-0.2, -0.15) is 5.26 Å². The summed E-state index contributed by atoms with van der Waals surface area (Å²) in [4.78, 5) is 24.4. The van der Waals surface area contributed by atoms with Gasteiger partial charge in [0, 0.05) is 90.8 Å². The molecule has 8 heteroatoms. The minimum absolute atomic E-state index is 0.441. The lowest BCUT2D eigenvalue weighted by Crippen LogP contribution is -2.03. The minimum atomic E-state index is 0.441.